The van der Waals surface area contributed by atoms with Crippen molar-refractivity contribution in [2.75, 3.05) is 0 Å². The minimum atomic E-state index is -1.43. The molecule has 0 amide bonds. The monoisotopic (exact) mass is 1270 g/mol. The summed E-state index contributed by atoms with van der Waals surface area (Å²) < 4.78 is 39.8. The van der Waals surface area contributed by atoms with E-state index in [9.17, 15) is 5.26 Å². The summed E-state index contributed by atoms with van der Waals surface area (Å²) in [4.78, 5) is 14.1. The fourth-order valence-corrected chi connectivity index (χ4v) is 11.9. The van der Waals surface area contributed by atoms with Gasteiger partial charge in [0.2, 0.25) is 0 Å². The Bertz CT molecular complexity index is 4370. The second-order valence-electron chi connectivity index (χ2n) is 22.7. The summed E-state index contributed by atoms with van der Waals surface area (Å²) >= 11 is 0. The Hall–Kier alpha value is -8.10. The minimum Gasteiger partial charge on any atom is -0.501 e. The number of aromatic nitrogens is 4. The van der Waals surface area contributed by atoms with Crippen molar-refractivity contribution in [1.29, 1.82) is 5.26 Å². The van der Waals surface area contributed by atoms with E-state index in [0.29, 0.717) is 16.8 Å². The van der Waals surface area contributed by atoms with Crippen LogP contribution in [0.1, 0.15) is 61.7 Å². The molecule has 0 N–H and O–H groups in total. The SMILES string of the molecule is CC(C)c1cc(-c2ccccc2)cc(C(C)C)c1-n1c(-c2[c-]ccc3c2oc2cc(-c4cccc(C#N)c4)ccc23)nc2ccccc21.C[Si](C)(C)c1ccc(-c2[c-]cccc2)nc1.[2H]c1[c-]c(-c2ccc([Si](C)(C)C)cn2)c([2H])c([2H])c1[2H].[Ir+3]. The van der Waals surface area contributed by atoms with Gasteiger partial charge in [0.15, 0.2) is 0 Å². The van der Waals surface area contributed by atoms with E-state index >= 15 is 0 Å². The number of pyridine rings is 2. The molecule has 0 radical (unpaired) electrons. The molecule has 0 fully saturated rings. The molecule has 81 heavy (non-hydrogen) atoms. The third kappa shape index (κ3) is 12.8. The molecule has 0 atom stereocenters. The first-order valence-corrected chi connectivity index (χ1v) is 34.2. The van der Waals surface area contributed by atoms with E-state index in [1.54, 1.807) is 12.3 Å². The van der Waals surface area contributed by atoms with E-state index in [0.717, 1.165) is 66.7 Å². The average molecular weight is 1270 g/mol. The minimum absolute atomic E-state index is 0. The van der Waals surface area contributed by atoms with Crippen molar-refractivity contribution in [2.45, 2.75) is 78.8 Å². The van der Waals surface area contributed by atoms with Crippen LogP contribution in [0.5, 0.6) is 0 Å². The van der Waals surface area contributed by atoms with Crippen molar-refractivity contribution >= 4 is 59.5 Å². The number of furan rings is 1. The third-order valence-corrected chi connectivity index (χ3v) is 18.3. The number of rotatable bonds is 10. The van der Waals surface area contributed by atoms with Crippen LogP contribution in [0.3, 0.4) is 0 Å². The van der Waals surface area contributed by atoms with Gasteiger partial charge in [-0.25, -0.2) is 0 Å². The van der Waals surface area contributed by atoms with Crippen LogP contribution < -0.4 is 10.4 Å². The van der Waals surface area contributed by atoms with E-state index in [2.05, 4.69) is 203 Å². The van der Waals surface area contributed by atoms with E-state index in [4.69, 9.17) is 14.9 Å². The molecule has 0 aliphatic rings. The molecule has 0 aliphatic heterocycles. The Morgan fingerprint density at radius 2 is 1.22 bits per heavy atom. The summed E-state index contributed by atoms with van der Waals surface area (Å²) in [5.41, 5.74) is 16.0. The summed E-state index contributed by atoms with van der Waals surface area (Å²) in [6.07, 6.45) is 3.82. The summed E-state index contributed by atoms with van der Waals surface area (Å²) in [7, 11) is -2.66. The average Bonchev–Trinajstić information content (AvgIpc) is 1.76. The molecule has 8 aromatic carbocycles. The van der Waals surface area contributed by atoms with E-state index < -0.39 is 16.1 Å². The predicted octanol–water partition coefficient (Wildman–Crippen LogP) is 18.0. The summed E-state index contributed by atoms with van der Waals surface area (Å²) in [5.74, 6) is 1.33. The molecule has 0 spiro atoms. The fraction of sp³-hybridized carbons (Fsp3) is 0.167. The van der Waals surface area contributed by atoms with Crippen molar-refractivity contribution in [3.8, 4) is 67.9 Å². The number of fused-ring (bicyclic) bond motifs is 4. The topological polar surface area (TPSA) is 80.5 Å². The van der Waals surface area contributed by atoms with Crippen LogP contribution in [0.15, 0.2) is 211 Å². The van der Waals surface area contributed by atoms with Crippen molar-refractivity contribution in [2.24, 2.45) is 0 Å². The molecule has 12 aromatic rings. The number of nitriles is 1. The van der Waals surface area contributed by atoms with Crippen molar-refractivity contribution in [3.63, 3.8) is 0 Å². The van der Waals surface area contributed by atoms with E-state index in [-0.39, 0.29) is 56.1 Å². The zero-order chi connectivity index (χ0) is 59.6. The quantitative estimate of drug-likeness (QED) is 0.101. The van der Waals surface area contributed by atoms with Crippen molar-refractivity contribution in [3.05, 3.63) is 241 Å². The molecule has 12 rings (SSSR count). The Morgan fingerprint density at radius 1 is 0.580 bits per heavy atom. The van der Waals surface area contributed by atoms with Gasteiger partial charge in [-0.2, -0.15) is 5.26 Å². The Balaban J connectivity index is 0.000000191. The molecule has 4 aromatic heterocycles. The first kappa shape index (κ1) is 52.3. The summed E-state index contributed by atoms with van der Waals surface area (Å²) in [6.45, 7) is 22.8. The summed E-state index contributed by atoms with van der Waals surface area (Å²) in [6, 6.07) is 68.6. The molecular formula is C72H66IrN5OSi2. The fourth-order valence-electron chi connectivity index (χ4n) is 9.80. The first-order chi connectivity index (χ1) is 40.2. The van der Waals surface area contributed by atoms with Gasteiger partial charge < -0.3 is 19.0 Å². The van der Waals surface area contributed by atoms with Crippen LogP contribution in [-0.4, -0.2) is 35.7 Å². The van der Waals surface area contributed by atoms with E-state index in [1.165, 1.54) is 38.3 Å². The molecule has 9 heteroatoms. The zero-order valence-electron chi connectivity index (χ0n) is 51.5. The smallest absolute Gasteiger partial charge is 0.501 e. The number of hydrogen-bond acceptors (Lipinski definition) is 5. The van der Waals surface area contributed by atoms with Crippen LogP contribution in [0.2, 0.25) is 39.3 Å². The standard InChI is InChI=1S/C44H34N3O.2C14H16NSi.Ir/c1-27(2)37-23-33(30-13-6-5-7-14-30)24-38(28(3)4)42(37)47-40-19-9-8-18-39(40)46-44(47)36-17-11-16-35-34-21-20-32(25-41(34)48-43(35)36)31-15-10-12-29(22-31)26-45;2*1-16(2,3)13-9-10-14(15-11-13)12-7-5-4-6-8-12;/h5-16,18-25,27-28H,1-4H3;2*4-7,9-11H,1-3H3;/q3*-1;+3/i;4D,5D,6D,7D;;. The van der Waals surface area contributed by atoms with Gasteiger partial charge in [0.1, 0.15) is 5.58 Å². The van der Waals surface area contributed by atoms with Gasteiger partial charge in [0.25, 0.3) is 0 Å². The second kappa shape index (κ2) is 24.7. The van der Waals surface area contributed by atoms with Crippen molar-refractivity contribution < 1.29 is 30.0 Å². The van der Waals surface area contributed by atoms with Crippen LogP contribution >= 0.6 is 0 Å². The van der Waals surface area contributed by atoms with Gasteiger partial charge in [-0.1, -0.05) is 169 Å². The van der Waals surface area contributed by atoms with E-state index in [1.807, 2.05) is 72.9 Å². The van der Waals surface area contributed by atoms with Gasteiger partial charge in [-0.15, -0.1) is 89.9 Å². The first-order valence-electron chi connectivity index (χ1n) is 29.2. The maximum atomic E-state index is 9.45. The maximum absolute atomic E-state index is 9.45. The van der Waals surface area contributed by atoms with Gasteiger partial charge in [0.05, 0.1) is 50.2 Å². The van der Waals surface area contributed by atoms with Crippen LogP contribution in [0.4, 0.5) is 0 Å². The number of para-hydroxylation sites is 2. The molecule has 0 saturated carbocycles. The third-order valence-electron chi connectivity index (χ3n) is 14.3. The van der Waals surface area contributed by atoms with Crippen molar-refractivity contribution in [1.82, 2.24) is 19.5 Å². The number of benzene rings is 8. The normalized spacial score (nSPS) is 12.1. The number of imidazole rings is 1. The van der Waals surface area contributed by atoms with Gasteiger partial charge in [-0.3, -0.25) is 4.98 Å². The van der Waals surface area contributed by atoms with Crippen LogP contribution in [0.25, 0.3) is 94.8 Å². The van der Waals surface area contributed by atoms with Crippen LogP contribution in [0, 0.1) is 29.5 Å². The Labute approximate surface area is 499 Å². The number of nitrogens with zero attached hydrogens (tertiary/aromatic N) is 5. The number of hydrogen-bond donors (Lipinski definition) is 0. The molecular weight excluding hydrogens is 1200 g/mol. The Kier molecular flexibility index (Phi) is 16.0. The largest absolute Gasteiger partial charge is 3.00 e. The molecule has 0 unspecified atom stereocenters. The summed E-state index contributed by atoms with van der Waals surface area (Å²) in [5, 5.41) is 14.1. The molecule has 4 heterocycles. The Morgan fingerprint density at radius 3 is 1.85 bits per heavy atom. The van der Waals surface area contributed by atoms with Gasteiger partial charge >= 0.3 is 20.1 Å². The predicted molar refractivity (Wildman–Crippen MR) is 339 cm³/mol. The molecule has 402 valence electrons. The molecule has 0 bridgehead atoms. The zero-order valence-corrected chi connectivity index (χ0v) is 51.8. The molecule has 6 nitrogen and oxygen atoms in total. The van der Waals surface area contributed by atoms with Gasteiger partial charge in [-0.05, 0) is 112 Å². The van der Waals surface area contributed by atoms with Crippen LogP contribution in [-0.2, 0) is 20.1 Å². The molecule has 0 saturated heterocycles. The second-order valence-corrected chi connectivity index (χ2v) is 32.8. The maximum Gasteiger partial charge on any atom is 3.00 e. The van der Waals surface area contributed by atoms with Gasteiger partial charge in [0, 0.05) is 26.2 Å². The molecule has 0 aliphatic carbocycles.